The normalized spacial score (nSPS) is 49.6. The van der Waals surface area contributed by atoms with Gasteiger partial charge in [-0.05, 0) is 0 Å². The number of aliphatic hydroxyl groups is 1. The van der Waals surface area contributed by atoms with Crippen molar-refractivity contribution in [3.63, 3.8) is 0 Å². The van der Waals surface area contributed by atoms with E-state index in [1.807, 2.05) is 0 Å². The number of hydrogen-bond acceptors (Lipinski definition) is 4. The molecule has 0 aliphatic carbocycles. The smallest absolute Gasteiger partial charge is 0.160 e. The van der Waals surface area contributed by atoms with Crippen LogP contribution in [0.5, 0.6) is 0 Å². The Morgan fingerprint density at radius 3 is 2.64 bits per heavy atom. The Kier molecular flexibility index (Phi) is 1.85. The van der Waals surface area contributed by atoms with Crippen molar-refractivity contribution in [3.8, 4) is 0 Å². The molecule has 4 nitrogen and oxygen atoms in total. The lowest BCUT2D eigenvalue weighted by molar-refractivity contribution is -0.128. The first-order valence-corrected chi connectivity index (χ1v) is 3.81. The van der Waals surface area contributed by atoms with Gasteiger partial charge in [-0.2, -0.15) is 0 Å². The van der Waals surface area contributed by atoms with Crippen LogP contribution in [0.1, 0.15) is 12.8 Å². The van der Waals surface area contributed by atoms with Crippen LogP contribution in [-0.4, -0.2) is 37.0 Å². The van der Waals surface area contributed by atoms with E-state index in [0.717, 1.165) is 6.42 Å². The van der Waals surface area contributed by atoms with Crippen molar-refractivity contribution in [1.82, 2.24) is 0 Å². The fraction of sp³-hybridized carbons (Fsp3) is 1.00. The Labute approximate surface area is 65.1 Å². The summed E-state index contributed by atoms with van der Waals surface area (Å²) in [5.41, 5.74) is 0. The molecule has 2 rings (SSSR count). The average molecular weight is 160 g/mol. The van der Waals surface area contributed by atoms with E-state index >= 15 is 0 Å². The first kappa shape index (κ1) is 7.49. The second-order valence-electron chi connectivity index (χ2n) is 2.94. The highest BCUT2D eigenvalue weighted by Crippen LogP contribution is 2.32. The minimum absolute atomic E-state index is 0.0370. The van der Waals surface area contributed by atoms with Gasteiger partial charge in [-0.1, -0.05) is 0 Å². The molecule has 2 aliphatic heterocycles. The molecule has 2 saturated heterocycles. The van der Waals surface area contributed by atoms with Crippen LogP contribution in [0.4, 0.5) is 0 Å². The lowest BCUT2D eigenvalue weighted by Gasteiger charge is -2.09. The summed E-state index contributed by atoms with van der Waals surface area (Å²) in [6.07, 6.45) is 0.605. The van der Waals surface area contributed by atoms with Gasteiger partial charge >= 0.3 is 0 Å². The zero-order valence-electron chi connectivity index (χ0n) is 6.40. The van der Waals surface area contributed by atoms with Crippen molar-refractivity contribution >= 4 is 0 Å². The van der Waals surface area contributed by atoms with Crippen LogP contribution in [0.3, 0.4) is 0 Å². The largest absolute Gasteiger partial charge is 0.368 e. The number of ether oxygens (including phenoxy) is 3. The summed E-state index contributed by atoms with van der Waals surface area (Å²) in [6, 6.07) is 0. The Hall–Kier alpha value is -0.160. The van der Waals surface area contributed by atoms with E-state index in [9.17, 15) is 0 Å². The molecular weight excluding hydrogens is 148 g/mol. The molecule has 0 aromatic heterocycles. The van der Waals surface area contributed by atoms with E-state index in [1.54, 1.807) is 7.11 Å². The van der Waals surface area contributed by atoms with Crippen LogP contribution in [0.2, 0.25) is 0 Å². The molecular formula is C7H12O4. The fourth-order valence-electron chi connectivity index (χ4n) is 1.64. The van der Waals surface area contributed by atoms with Gasteiger partial charge in [0, 0.05) is 20.0 Å². The van der Waals surface area contributed by atoms with Gasteiger partial charge in [0.1, 0.15) is 0 Å². The summed E-state index contributed by atoms with van der Waals surface area (Å²) in [6.45, 7) is 0. The summed E-state index contributed by atoms with van der Waals surface area (Å²) in [5.74, 6) is 0. The van der Waals surface area contributed by atoms with Crippen molar-refractivity contribution in [1.29, 1.82) is 0 Å². The second kappa shape index (κ2) is 2.71. The van der Waals surface area contributed by atoms with Gasteiger partial charge in [0.05, 0.1) is 12.2 Å². The van der Waals surface area contributed by atoms with E-state index in [1.165, 1.54) is 0 Å². The maximum absolute atomic E-state index is 9.05. The van der Waals surface area contributed by atoms with Gasteiger partial charge in [-0.3, -0.25) is 0 Å². The monoisotopic (exact) mass is 160 g/mol. The third kappa shape index (κ3) is 1.27. The molecule has 0 aromatic rings. The van der Waals surface area contributed by atoms with Crippen molar-refractivity contribution in [2.24, 2.45) is 0 Å². The highest BCUT2D eigenvalue weighted by atomic mass is 16.7. The summed E-state index contributed by atoms with van der Waals surface area (Å²) >= 11 is 0. The Morgan fingerprint density at radius 2 is 2.00 bits per heavy atom. The van der Waals surface area contributed by atoms with Gasteiger partial charge in [0.25, 0.3) is 0 Å². The Bertz CT molecular complexity index is 135. The molecule has 0 bridgehead atoms. The molecule has 2 fully saturated rings. The molecule has 4 heteroatoms. The fourth-order valence-corrected chi connectivity index (χ4v) is 1.64. The Morgan fingerprint density at radius 1 is 1.27 bits per heavy atom. The number of methoxy groups -OCH3 is 1. The zero-order chi connectivity index (χ0) is 7.84. The second-order valence-corrected chi connectivity index (χ2v) is 2.94. The van der Waals surface area contributed by atoms with Crippen LogP contribution >= 0.6 is 0 Å². The van der Waals surface area contributed by atoms with E-state index in [4.69, 9.17) is 19.3 Å². The predicted octanol–water partition coefficient (Wildman–Crippen LogP) is -0.145. The summed E-state index contributed by atoms with van der Waals surface area (Å²) in [4.78, 5) is 0. The average Bonchev–Trinajstić information content (AvgIpc) is 2.43. The molecule has 1 N–H and O–H groups in total. The number of hydrogen-bond donors (Lipinski definition) is 1. The van der Waals surface area contributed by atoms with Gasteiger partial charge in [-0.15, -0.1) is 0 Å². The van der Waals surface area contributed by atoms with Crippen LogP contribution < -0.4 is 0 Å². The third-order valence-electron chi connectivity index (χ3n) is 2.19. The lowest BCUT2D eigenvalue weighted by atomic mass is 10.2. The molecule has 4 unspecified atom stereocenters. The molecule has 11 heavy (non-hydrogen) atoms. The maximum Gasteiger partial charge on any atom is 0.160 e. The predicted molar refractivity (Wildman–Crippen MR) is 35.8 cm³/mol. The minimum atomic E-state index is -0.636. The van der Waals surface area contributed by atoms with Crippen LogP contribution in [0.25, 0.3) is 0 Å². The van der Waals surface area contributed by atoms with Crippen LogP contribution in [-0.2, 0) is 14.2 Å². The molecule has 0 amide bonds. The highest BCUT2D eigenvalue weighted by molar-refractivity contribution is 4.85. The quantitative estimate of drug-likeness (QED) is 0.579. The van der Waals surface area contributed by atoms with Gasteiger partial charge in [-0.25, -0.2) is 0 Å². The molecule has 0 spiro atoms. The van der Waals surface area contributed by atoms with Gasteiger partial charge < -0.3 is 19.3 Å². The van der Waals surface area contributed by atoms with E-state index in [-0.39, 0.29) is 18.5 Å². The highest BCUT2D eigenvalue weighted by Gasteiger charge is 2.43. The third-order valence-corrected chi connectivity index (χ3v) is 2.19. The molecule has 64 valence electrons. The SMILES string of the molecule is COC1CC2OC(O)CC2O1. The van der Waals surface area contributed by atoms with Crippen molar-refractivity contribution in [3.05, 3.63) is 0 Å². The van der Waals surface area contributed by atoms with Crippen LogP contribution in [0, 0.1) is 0 Å². The van der Waals surface area contributed by atoms with Crippen molar-refractivity contribution in [2.45, 2.75) is 37.6 Å². The minimum Gasteiger partial charge on any atom is -0.368 e. The van der Waals surface area contributed by atoms with Gasteiger partial charge in [0.2, 0.25) is 0 Å². The van der Waals surface area contributed by atoms with Crippen LogP contribution in [0.15, 0.2) is 0 Å². The standard InChI is InChI=1S/C7H12O4/c1-9-7-3-5-4(11-7)2-6(8)10-5/h4-8H,2-3H2,1H3. The summed E-state index contributed by atoms with van der Waals surface area (Å²) < 4.78 is 15.6. The maximum atomic E-state index is 9.05. The topological polar surface area (TPSA) is 47.9 Å². The molecule has 0 saturated carbocycles. The van der Waals surface area contributed by atoms with E-state index in [2.05, 4.69) is 0 Å². The van der Waals surface area contributed by atoms with E-state index < -0.39 is 6.29 Å². The van der Waals surface area contributed by atoms with Gasteiger partial charge in [0.15, 0.2) is 12.6 Å². The summed E-state index contributed by atoms with van der Waals surface area (Å²) in [7, 11) is 1.61. The van der Waals surface area contributed by atoms with Crippen molar-refractivity contribution in [2.75, 3.05) is 7.11 Å². The molecule has 2 aliphatic rings. The molecule has 4 atom stereocenters. The zero-order valence-corrected chi connectivity index (χ0v) is 6.40. The van der Waals surface area contributed by atoms with E-state index in [0.29, 0.717) is 6.42 Å². The first-order chi connectivity index (χ1) is 5.29. The number of fused-ring (bicyclic) bond motifs is 1. The molecule has 2 heterocycles. The number of aliphatic hydroxyl groups excluding tert-OH is 1. The Balaban J connectivity index is 1.93. The molecule has 0 radical (unpaired) electrons. The first-order valence-electron chi connectivity index (χ1n) is 3.81. The van der Waals surface area contributed by atoms with Crippen molar-refractivity contribution < 1.29 is 19.3 Å². The lowest BCUT2D eigenvalue weighted by Crippen LogP contribution is -2.14. The summed E-state index contributed by atoms with van der Waals surface area (Å²) in [5, 5.41) is 9.05. The molecule has 0 aromatic carbocycles. The number of rotatable bonds is 1.